The third-order valence-electron chi connectivity index (χ3n) is 3.17. The molecular weight excluding hydrogens is 370 g/mol. The SMILES string of the molecule is Cc1nn(C)c2nc(-c3ccccc3F)nc(CI)c12. The maximum absolute atomic E-state index is 13.9. The molecule has 0 unspecified atom stereocenters. The van der Waals surface area contributed by atoms with Crippen molar-refractivity contribution in [2.24, 2.45) is 7.05 Å². The van der Waals surface area contributed by atoms with Gasteiger partial charge in [0.15, 0.2) is 11.5 Å². The Bertz CT molecular complexity index is 797. The Balaban J connectivity index is 2.34. The van der Waals surface area contributed by atoms with E-state index in [0.29, 0.717) is 11.4 Å². The van der Waals surface area contributed by atoms with E-state index in [9.17, 15) is 4.39 Å². The fourth-order valence-corrected chi connectivity index (χ4v) is 2.83. The second-order valence-electron chi connectivity index (χ2n) is 4.52. The van der Waals surface area contributed by atoms with Gasteiger partial charge in [-0.25, -0.2) is 14.4 Å². The van der Waals surface area contributed by atoms with E-state index < -0.39 is 0 Å². The van der Waals surface area contributed by atoms with Crippen molar-refractivity contribution < 1.29 is 4.39 Å². The van der Waals surface area contributed by atoms with Crippen molar-refractivity contribution in [1.82, 2.24) is 19.7 Å². The van der Waals surface area contributed by atoms with Crippen LogP contribution in [0.3, 0.4) is 0 Å². The van der Waals surface area contributed by atoms with E-state index in [-0.39, 0.29) is 5.82 Å². The summed E-state index contributed by atoms with van der Waals surface area (Å²) in [7, 11) is 1.84. The van der Waals surface area contributed by atoms with Gasteiger partial charge in [-0.3, -0.25) is 4.68 Å². The molecule has 20 heavy (non-hydrogen) atoms. The Hall–Kier alpha value is -1.57. The number of aromatic nitrogens is 4. The zero-order valence-electron chi connectivity index (χ0n) is 11.1. The average Bonchev–Trinajstić information content (AvgIpc) is 2.74. The van der Waals surface area contributed by atoms with Crippen LogP contribution in [0.2, 0.25) is 0 Å². The first kappa shape index (κ1) is 13.4. The van der Waals surface area contributed by atoms with Crippen molar-refractivity contribution >= 4 is 33.6 Å². The highest BCUT2D eigenvalue weighted by molar-refractivity contribution is 14.1. The van der Waals surface area contributed by atoms with Gasteiger partial charge in [-0.15, -0.1) is 0 Å². The maximum atomic E-state index is 13.9. The fraction of sp³-hybridized carbons (Fsp3) is 0.214. The molecule has 2 heterocycles. The van der Waals surface area contributed by atoms with Crippen molar-refractivity contribution in [3.8, 4) is 11.4 Å². The monoisotopic (exact) mass is 382 g/mol. The molecule has 0 radical (unpaired) electrons. The molecular formula is C14H12FIN4. The summed E-state index contributed by atoms with van der Waals surface area (Å²) in [5.74, 6) is 0.0930. The van der Waals surface area contributed by atoms with Gasteiger partial charge in [-0.2, -0.15) is 5.10 Å². The number of halogens is 2. The lowest BCUT2D eigenvalue weighted by molar-refractivity contribution is 0.630. The molecule has 0 aliphatic heterocycles. The maximum Gasteiger partial charge on any atom is 0.164 e. The molecule has 6 heteroatoms. The summed E-state index contributed by atoms with van der Waals surface area (Å²) in [6.07, 6.45) is 0. The van der Waals surface area contributed by atoms with E-state index in [2.05, 4.69) is 37.7 Å². The molecule has 0 N–H and O–H groups in total. The van der Waals surface area contributed by atoms with Gasteiger partial charge >= 0.3 is 0 Å². The topological polar surface area (TPSA) is 43.6 Å². The molecule has 0 aliphatic carbocycles. The van der Waals surface area contributed by atoms with Crippen LogP contribution in [0.25, 0.3) is 22.4 Å². The lowest BCUT2D eigenvalue weighted by Crippen LogP contribution is -2.00. The first-order chi connectivity index (χ1) is 9.61. The molecule has 1 aromatic carbocycles. The number of fused-ring (bicyclic) bond motifs is 1. The van der Waals surface area contributed by atoms with Gasteiger partial charge in [0.05, 0.1) is 22.3 Å². The summed E-state index contributed by atoms with van der Waals surface area (Å²) < 4.78 is 16.4. The summed E-state index contributed by atoms with van der Waals surface area (Å²) in [5.41, 5.74) is 2.94. The molecule has 0 saturated heterocycles. The van der Waals surface area contributed by atoms with Gasteiger partial charge < -0.3 is 0 Å². The van der Waals surface area contributed by atoms with Crippen LogP contribution in [0.1, 0.15) is 11.4 Å². The van der Waals surface area contributed by atoms with E-state index in [0.717, 1.165) is 26.8 Å². The molecule has 102 valence electrons. The minimum atomic E-state index is -0.315. The molecule has 0 amide bonds. The van der Waals surface area contributed by atoms with Gasteiger partial charge in [0.25, 0.3) is 0 Å². The van der Waals surface area contributed by atoms with E-state index >= 15 is 0 Å². The van der Waals surface area contributed by atoms with Crippen LogP contribution < -0.4 is 0 Å². The number of alkyl halides is 1. The number of hydrogen-bond donors (Lipinski definition) is 0. The highest BCUT2D eigenvalue weighted by Crippen LogP contribution is 2.26. The molecule has 0 aliphatic rings. The Labute approximate surface area is 129 Å². The van der Waals surface area contributed by atoms with Gasteiger partial charge in [0, 0.05) is 11.5 Å². The largest absolute Gasteiger partial charge is 0.250 e. The molecule has 0 bridgehead atoms. The molecule has 4 nitrogen and oxygen atoms in total. The van der Waals surface area contributed by atoms with E-state index in [1.807, 2.05) is 14.0 Å². The third kappa shape index (κ3) is 2.07. The summed E-state index contributed by atoms with van der Waals surface area (Å²) in [6, 6.07) is 6.55. The first-order valence-corrected chi connectivity index (χ1v) is 7.65. The highest BCUT2D eigenvalue weighted by atomic mass is 127. The van der Waals surface area contributed by atoms with Gasteiger partial charge in [-0.05, 0) is 19.1 Å². The Morgan fingerprint density at radius 3 is 2.70 bits per heavy atom. The quantitative estimate of drug-likeness (QED) is 0.504. The van der Waals surface area contributed by atoms with Crippen LogP contribution in [0.4, 0.5) is 4.39 Å². The predicted molar refractivity (Wildman–Crippen MR) is 84.2 cm³/mol. The Kier molecular flexibility index (Phi) is 3.41. The van der Waals surface area contributed by atoms with Crippen LogP contribution in [0, 0.1) is 12.7 Å². The van der Waals surface area contributed by atoms with Crippen molar-refractivity contribution in [1.29, 1.82) is 0 Å². The number of aryl methyl sites for hydroxylation is 2. The molecule has 0 atom stereocenters. The van der Waals surface area contributed by atoms with Gasteiger partial charge in [-0.1, -0.05) is 34.7 Å². The van der Waals surface area contributed by atoms with Crippen LogP contribution in [0.5, 0.6) is 0 Å². The van der Waals surface area contributed by atoms with E-state index in [1.165, 1.54) is 6.07 Å². The fourth-order valence-electron chi connectivity index (χ4n) is 2.28. The summed E-state index contributed by atoms with van der Waals surface area (Å²) in [5, 5.41) is 5.33. The number of hydrogen-bond acceptors (Lipinski definition) is 3. The normalized spacial score (nSPS) is 11.2. The van der Waals surface area contributed by atoms with Gasteiger partial charge in [0.1, 0.15) is 5.82 Å². The van der Waals surface area contributed by atoms with E-state index in [1.54, 1.807) is 22.9 Å². The standard InChI is InChI=1S/C14H12FIN4/c1-8-12-11(7-16)17-13(18-14(12)20(2)19-8)9-5-3-4-6-10(9)15/h3-6H,7H2,1-2H3. The minimum Gasteiger partial charge on any atom is -0.250 e. The number of rotatable bonds is 2. The second kappa shape index (κ2) is 5.08. The van der Waals surface area contributed by atoms with Crippen LogP contribution in [-0.2, 0) is 11.5 Å². The van der Waals surface area contributed by atoms with Crippen molar-refractivity contribution in [3.05, 3.63) is 41.5 Å². The molecule has 0 spiro atoms. The first-order valence-electron chi connectivity index (χ1n) is 6.13. The Morgan fingerprint density at radius 2 is 2.00 bits per heavy atom. The predicted octanol–water partition coefficient (Wildman–Crippen LogP) is 3.41. The highest BCUT2D eigenvalue weighted by Gasteiger charge is 2.16. The number of nitrogens with zero attached hydrogens (tertiary/aromatic N) is 4. The van der Waals surface area contributed by atoms with Crippen LogP contribution in [-0.4, -0.2) is 19.7 Å². The molecule has 2 aromatic heterocycles. The van der Waals surface area contributed by atoms with Crippen molar-refractivity contribution in [2.45, 2.75) is 11.4 Å². The van der Waals surface area contributed by atoms with Gasteiger partial charge in [0.2, 0.25) is 0 Å². The lowest BCUT2D eigenvalue weighted by atomic mass is 10.2. The summed E-state index contributed by atoms with van der Waals surface area (Å²) in [4.78, 5) is 8.99. The summed E-state index contributed by atoms with van der Waals surface area (Å²) in [6.45, 7) is 1.93. The zero-order valence-corrected chi connectivity index (χ0v) is 13.2. The zero-order chi connectivity index (χ0) is 14.3. The molecule has 3 rings (SSSR count). The van der Waals surface area contributed by atoms with Crippen molar-refractivity contribution in [3.63, 3.8) is 0 Å². The second-order valence-corrected chi connectivity index (χ2v) is 5.28. The lowest BCUT2D eigenvalue weighted by Gasteiger charge is -2.06. The molecule has 0 saturated carbocycles. The van der Waals surface area contributed by atoms with E-state index in [4.69, 9.17) is 0 Å². The van der Waals surface area contributed by atoms with Crippen LogP contribution in [0.15, 0.2) is 24.3 Å². The minimum absolute atomic E-state index is 0.315. The number of benzene rings is 1. The Morgan fingerprint density at radius 1 is 1.25 bits per heavy atom. The average molecular weight is 382 g/mol. The van der Waals surface area contributed by atoms with Crippen molar-refractivity contribution in [2.75, 3.05) is 0 Å². The third-order valence-corrected chi connectivity index (χ3v) is 3.90. The molecule has 0 fully saturated rings. The van der Waals surface area contributed by atoms with Crippen LogP contribution >= 0.6 is 22.6 Å². The smallest absolute Gasteiger partial charge is 0.164 e. The summed E-state index contributed by atoms with van der Waals surface area (Å²) >= 11 is 2.25. The molecule has 3 aromatic rings.